The monoisotopic (exact) mass is 452 g/mol. The van der Waals surface area contributed by atoms with Gasteiger partial charge >= 0.3 is 17.9 Å². The van der Waals surface area contributed by atoms with E-state index < -0.39 is 29.7 Å². The van der Waals surface area contributed by atoms with Crippen LogP contribution in [0.2, 0.25) is 0 Å². The molecule has 2 saturated heterocycles. The number of allylic oxidation sites excluding steroid dienone is 2. The van der Waals surface area contributed by atoms with Gasteiger partial charge in [-0.3, -0.25) is 24.0 Å². The van der Waals surface area contributed by atoms with E-state index in [1.54, 1.807) is 0 Å². The average molecular weight is 452 g/mol. The van der Waals surface area contributed by atoms with Gasteiger partial charge in [-0.2, -0.15) is 0 Å². The number of rotatable bonds is 12. The summed E-state index contributed by atoms with van der Waals surface area (Å²) in [5.41, 5.74) is 0.376. The molecule has 0 aromatic rings. The normalized spacial score (nSPS) is 15.8. The predicted molar refractivity (Wildman–Crippen MR) is 103 cm³/mol. The van der Waals surface area contributed by atoms with Crippen LogP contribution in [0.3, 0.4) is 0 Å². The van der Waals surface area contributed by atoms with E-state index in [1.807, 2.05) is 0 Å². The van der Waals surface area contributed by atoms with Gasteiger partial charge < -0.3 is 19.1 Å². The number of imide groups is 1. The maximum Gasteiger partial charge on any atom is 0.333 e. The van der Waals surface area contributed by atoms with Crippen LogP contribution in [0, 0.1) is 0 Å². The summed E-state index contributed by atoms with van der Waals surface area (Å²) in [5.74, 6) is -3.35. The Kier molecular flexibility index (Phi) is 8.93. The van der Waals surface area contributed by atoms with Crippen molar-refractivity contribution in [2.24, 2.45) is 0 Å². The summed E-state index contributed by atoms with van der Waals surface area (Å²) < 4.78 is 9.73. The minimum atomic E-state index is -0.774. The second-order valence-electron chi connectivity index (χ2n) is 6.87. The molecule has 0 radical (unpaired) electrons. The molecule has 0 N–H and O–H groups in total. The molecule has 0 aliphatic carbocycles. The van der Waals surface area contributed by atoms with E-state index in [-0.39, 0.29) is 69.8 Å². The number of hydroxylamine groups is 4. The number of carbonyl (C=O) groups is 6. The second kappa shape index (κ2) is 11.6. The van der Waals surface area contributed by atoms with Crippen molar-refractivity contribution in [3.8, 4) is 0 Å². The Bertz CT molecular complexity index is 734. The molecule has 2 aliphatic heterocycles. The molecule has 0 spiro atoms. The number of hydrogen-bond acceptors (Lipinski definition) is 10. The quantitative estimate of drug-likeness (QED) is 0.180. The van der Waals surface area contributed by atoms with Gasteiger partial charge in [0.25, 0.3) is 17.7 Å². The van der Waals surface area contributed by atoms with Gasteiger partial charge in [0.1, 0.15) is 19.0 Å². The summed E-state index contributed by atoms with van der Waals surface area (Å²) in [5, 5.41) is 1.45. The first kappa shape index (κ1) is 24.6. The summed E-state index contributed by atoms with van der Waals surface area (Å²) in [4.78, 5) is 79.3. The van der Waals surface area contributed by atoms with Gasteiger partial charge in [0.2, 0.25) is 0 Å². The molecule has 32 heavy (non-hydrogen) atoms. The minimum absolute atomic E-state index is 0.0315. The fourth-order valence-corrected chi connectivity index (χ4v) is 2.63. The van der Waals surface area contributed by atoms with E-state index in [0.717, 1.165) is 5.06 Å². The Hall–Kier alpha value is -3.70. The fraction of sp³-hybridized carbons (Fsp3) is 0.500. The summed E-state index contributed by atoms with van der Waals surface area (Å²) in [6, 6.07) is 0. The van der Waals surface area contributed by atoms with E-state index in [9.17, 15) is 28.8 Å². The molecule has 0 unspecified atom stereocenters. The van der Waals surface area contributed by atoms with Crippen molar-refractivity contribution in [2.75, 3.05) is 13.2 Å². The lowest BCUT2D eigenvalue weighted by atomic mass is 10.3. The SMILES string of the molecule is C=C(CCC(=O)OCCOC(=O)CCC(=O)ON1C(=C)CCC1=O)ON1C(=O)CCC1=O. The highest BCUT2D eigenvalue weighted by Gasteiger charge is 2.31. The second-order valence-corrected chi connectivity index (χ2v) is 6.87. The number of hydrogen-bond donors (Lipinski definition) is 0. The Labute approximate surface area is 183 Å². The Morgan fingerprint density at radius 1 is 0.688 bits per heavy atom. The van der Waals surface area contributed by atoms with Gasteiger partial charge in [-0.1, -0.05) is 13.2 Å². The van der Waals surface area contributed by atoms with Crippen molar-refractivity contribution in [3.63, 3.8) is 0 Å². The first-order valence-electron chi connectivity index (χ1n) is 9.91. The highest BCUT2D eigenvalue weighted by molar-refractivity contribution is 6.00. The first-order chi connectivity index (χ1) is 15.2. The van der Waals surface area contributed by atoms with E-state index in [2.05, 4.69) is 13.2 Å². The Morgan fingerprint density at radius 3 is 1.69 bits per heavy atom. The molecule has 0 aromatic carbocycles. The molecule has 0 aromatic heterocycles. The van der Waals surface area contributed by atoms with Crippen LogP contribution >= 0.6 is 0 Å². The van der Waals surface area contributed by atoms with Crippen LogP contribution in [0.1, 0.15) is 51.4 Å². The van der Waals surface area contributed by atoms with Crippen molar-refractivity contribution in [2.45, 2.75) is 51.4 Å². The molecule has 174 valence electrons. The molecule has 2 heterocycles. The third-order valence-corrected chi connectivity index (χ3v) is 4.31. The molecule has 2 fully saturated rings. The lowest BCUT2D eigenvalue weighted by molar-refractivity contribution is -0.187. The molecule has 2 rings (SSSR count). The molecular weight excluding hydrogens is 428 g/mol. The van der Waals surface area contributed by atoms with E-state index in [0.29, 0.717) is 17.2 Å². The Balaban J connectivity index is 1.52. The van der Waals surface area contributed by atoms with Gasteiger partial charge in [-0.15, -0.1) is 10.1 Å². The van der Waals surface area contributed by atoms with Gasteiger partial charge in [-0.25, -0.2) is 4.79 Å². The number of ether oxygens (including phenoxy) is 2. The Morgan fingerprint density at radius 2 is 1.16 bits per heavy atom. The van der Waals surface area contributed by atoms with Crippen molar-refractivity contribution in [1.29, 1.82) is 0 Å². The summed E-state index contributed by atoms with van der Waals surface area (Å²) in [6.07, 6.45) is 0.118. The molecule has 12 nitrogen and oxygen atoms in total. The predicted octanol–water partition coefficient (Wildman–Crippen LogP) is 0.822. The maximum absolute atomic E-state index is 11.7. The fourth-order valence-electron chi connectivity index (χ4n) is 2.63. The van der Waals surface area contributed by atoms with Crippen molar-refractivity contribution >= 4 is 35.6 Å². The van der Waals surface area contributed by atoms with Crippen molar-refractivity contribution < 1.29 is 47.9 Å². The van der Waals surface area contributed by atoms with Crippen LogP contribution < -0.4 is 0 Å². The first-order valence-corrected chi connectivity index (χ1v) is 9.91. The van der Waals surface area contributed by atoms with Crippen LogP contribution in [-0.4, -0.2) is 59.0 Å². The van der Waals surface area contributed by atoms with Crippen LogP contribution in [0.25, 0.3) is 0 Å². The third kappa shape index (κ3) is 7.52. The highest BCUT2D eigenvalue weighted by Crippen LogP contribution is 2.21. The lowest BCUT2D eigenvalue weighted by Crippen LogP contribution is -2.28. The van der Waals surface area contributed by atoms with Crippen LogP contribution in [0.4, 0.5) is 0 Å². The number of esters is 2. The molecular formula is C20H24N2O10. The van der Waals surface area contributed by atoms with Gasteiger partial charge in [0.15, 0.2) is 0 Å². The highest BCUT2D eigenvalue weighted by atomic mass is 16.7. The summed E-state index contributed by atoms with van der Waals surface area (Å²) in [6.45, 7) is 6.73. The topological polar surface area (TPSA) is 146 Å². The van der Waals surface area contributed by atoms with Crippen LogP contribution in [0.15, 0.2) is 24.6 Å². The molecule has 0 atom stereocenters. The minimum Gasteiger partial charge on any atom is -0.462 e. The zero-order valence-electron chi connectivity index (χ0n) is 17.5. The van der Waals surface area contributed by atoms with E-state index in [1.165, 1.54) is 0 Å². The van der Waals surface area contributed by atoms with Gasteiger partial charge in [0, 0.05) is 25.7 Å². The largest absolute Gasteiger partial charge is 0.462 e. The van der Waals surface area contributed by atoms with E-state index >= 15 is 0 Å². The number of nitrogens with zero attached hydrogens (tertiary/aromatic N) is 2. The number of carbonyl (C=O) groups excluding carboxylic acids is 6. The third-order valence-electron chi connectivity index (χ3n) is 4.31. The average Bonchev–Trinajstić information content (AvgIpc) is 3.24. The van der Waals surface area contributed by atoms with E-state index in [4.69, 9.17) is 19.1 Å². The van der Waals surface area contributed by atoms with Crippen molar-refractivity contribution in [3.05, 3.63) is 24.6 Å². The molecule has 12 heteroatoms. The molecule has 0 bridgehead atoms. The lowest BCUT2D eigenvalue weighted by Gasteiger charge is -2.15. The van der Waals surface area contributed by atoms with Crippen LogP contribution in [-0.2, 0) is 47.9 Å². The summed E-state index contributed by atoms with van der Waals surface area (Å²) in [7, 11) is 0. The summed E-state index contributed by atoms with van der Waals surface area (Å²) >= 11 is 0. The zero-order chi connectivity index (χ0) is 23.7. The molecule has 2 aliphatic rings. The van der Waals surface area contributed by atoms with Gasteiger partial charge in [0.05, 0.1) is 25.0 Å². The van der Waals surface area contributed by atoms with Crippen LogP contribution in [0.5, 0.6) is 0 Å². The number of amides is 3. The molecule has 3 amide bonds. The standard InChI is InChI=1S/C20H24N2O10/c1-13-3-5-15(23)21(13)32-20(28)10-9-19(27)30-12-11-29-18(26)8-4-14(2)31-22-16(24)6-7-17(22)25/h1-12H2. The molecule has 0 saturated carbocycles. The zero-order valence-corrected chi connectivity index (χ0v) is 17.5. The smallest absolute Gasteiger partial charge is 0.333 e. The van der Waals surface area contributed by atoms with Gasteiger partial charge in [-0.05, 0) is 6.42 Å². The van der Waals surface area contributed by atoms with Crippen molar-refractivity contribution in [1.82, 2.24) is 10.1 Å². The maximum atomic E-state index is 11.7.